The molecule has 7 heteroatoms. The van der Waals surface area contributed by atoms with E-state index >= 15 is 0 Å². The van der Waals surface area contributed by atoms with E-state index < -0.39 is 17.9 Å². The molecule has 0 saturated carbocycles. The van der Waals surface area contributed by atoms with Crippen molar-refractivity contribution in [3.8, 4) is 0 Å². The average Bonchev–Trinajstić information content (AvgIpc) is 2.95. The molecule has 0 radical (unpaired) electrons. The van der Waals surface area contributed by atoms with Crippen molar-refractivity contribution in [2.75, 3.05) is 26.2 Å². The Balaban J connectivity index is 4.02. The first-order valence-electron chi connectivity index (χ1n) is 18.0. The highest BCUT2D eigenvalue weighted by Crippen LogP contribution is 2.19. The Morgan fingerprint density at radius 1 is 0.419 bits per heavy atom. The number of carboxylic acid groups (broad SMARTS) is 3. The number of unbranched alkanes of at least 4 members (excludes halogenated alkanes) is 18. The van der Waals surface area contributed by atoms with E-state index in [-0.39, 0.29) is 19.3 Å². The fraction of sp³-hybridized carbons (Fsp3) is 0.861. The minimum atomic E-state index is -0.824. The van der Waals surface area contributed by atoms with Gasteiger partial charge in [0.1, 0.15) is 0 Å². The fourth-order valence-electron chi connectivity index (χ4n) is 6.12. The molecule has 0 atom stereocenters. The smallest absolute Gasteiger partial charge is 0.303 e. The second-order valence-corrected chi connectivity index (χ2v) is 12.8. The third-order valence-electron chi connectivity index (χ3n) is 8.71. The molecule has 0 aliphatic heterocycles. The predicted octanol–water partition coefficient (Wildman–Crippen LogP) is 9.78. The summed E-state index contributed by atoms with van der Waals surface area (Å²) in [6.45, 7) is 5.14. The van der Waals surface area contributed by atoms with Gasteiger partial charge in [-0.15, -0.1) is 0 Å². The first kappa shape index (κ1) is 41.1. The minimum Gasteiger partial charge on any atom is -0.481 e. The molecule has 0 aromatic carbocycles. The topological polar surface area (TPSA) is 112 Å². The van der Waals surface area contributed by atoms with Crippen molar-refractivity contribution in [3.05, 3.63) is 12.2 Å². The van der Waals surface area contributed by atoms with Gasteiger partial charge in [-0.05, 0) is 38.5 Å². The highest BCUT2D eigenvalue weighted by atomic mass is 16.4. The lowest BCUT2D eigenvalue weighted by atomic mass is 10.0. The SMILES string of the molecule is CCCCCCCCCCC/C=C/CCCCCCCCCCC[N+](CCCC(=O)O)(CCCC(=O)O)CCCC(=O)O. The molecule has 0 amide bonds. The van der Waals surface area contributed by atoms with Crippen LogP contribution in [0.5, 0.6) is 0 Å². The predicted molar refractivity (Wildman–Crippen MR) is 177 cm³/mol. The number of carboxylic acids is 3. The zero-order valence-corrected chi connectivity index (χ0v) is 27.9. The molecule has 0 unspecified atom stereocenters. The van der Waals surface area contributed by atoms with Crippen molar-refractivity contribution in [2.24, 2.45) is 0 Å². The van der Waals surface area contributed by atoms with Crippen LogP contribution in [0.3, 0.4) is 0 Å². The molecule has 0 aliphatic carbocycles. The highest BCUT2D eigenvalue weighted by molar-refractivity contribution is 5.67. The van der Waals surface area contributed by atoms with E-state index in [9.17, 15) is 14.4 Å². The molecule has 0 rings (SSSR count). The number of hydrogen-bond donors (Lipinski definition) is 3. The van der Waals surface area contributed by atoms with E-state index in [2.05, 4.69) is 19.1 Å². The number of rotatable bonds is 34. The molecule has 0 spiro atoms. The van der Waals surface area contributed by atoms with Crippen molar-refractivity contribution < 1.29 is 34.2 Å². The second-order valence-electron chi connectivity index (χ2n) is 12.8. The van der Waals surface area contributed by atoms with Gasteiger partial charge in [-0.2, -0.15) is 0 Å². The lowest BCUT2D eigenvalue weighted by Crippen LogP contribution is -2.51. The van der Waals surface area contributed by atoms with Gasteiger partial charge in [0.05, 0.1) is 45.4 Å². The fourth-order valence-corrected chi connectivity index (χ4v) is 6.12. The first-order valence-corrected chi connectivity index (χ1v) is 18.0. The Hall–Kier alpha value is -1.89. The Morgan fingerprint density at radius 2 is 0.698 bits per heavy atom. The molecule has 0 aromatic heterocycles. The Morgan fingerprint density at radius 3 is 1.02 bits per heavy atom. The summed E-state index contributed by atoms with van der Waals surface area (Å²) < 4.78 is 0.640. The standard InChI is InChI=1S/C36H67NO6/c1-2-3-4-5-6-7-8-9-10-11-12-13-14-15-16-17-18-19-20-21-22-23-30-37(31-24-27-34(38)39,32-25-28-35(40)41)33-26-29-36(42)43/h12-13H,2-11,14-33H2,1H3,(H2-,38,39,40,41,42,43)/p+1/b13-12+. The number of carbonyl (C=O) groups is 3. The summed E-state index contributed by atoms with van der Waals surface area (Å²) in [5.74, 6) is -2.47. The molecule has 3 N–H and O–H groups in total. The van der Waals surface area contributed by atoms with Crippen LogP contribution in [0.2, 0.25) is 0 Å². The van der Waals surface area contributed by atoms with Gasteiger partial charge in [0.2, 0.25) is 0 Å². The summed E-state index contributed by atoms with van der Waals surface area (Å²) in [7, 11) is 0. The van der Waals surface area contributed by atoms with E-state index in [1.807, 2.05) is 0 Å². The van der Waals surface area contributed by atoms with Crippen LogP contribution in [-0.4, -0.2) is 63.9 Å². The summed E-state index contributed by atoms with van der Waals surface area (Å²) in [5, 5.41) is 27.3. The van der Waals surface area contributed by atoms with Crippen molar-refractivity contribution in [1.82, 2.24) is 0 Å². The van der Waals surface area contributed by atoms with Crippen LogP contribution >= 0.6 is 0 Å². The van der Waals surface area contributed by atoms with E-state index in [0.717, 1.165) is 19.4 Å². The number of hydrogen-bond acceptors (Lipinski definition) is 3. The molecule has 0 aliphatic rings. The Labute approximate surface area is 264 Å². The molecule has 0 fully saturated rings. The maximum Gasteiger partial charge on any atom is 0.303 e. The minimum absolute atomic E-state index is 0.0908. The van der Waals surface area contributed by atoms with E-state index in [4.69, 9.17) is 15.3 Å². The number of quaternary nitrogens is 1. The summed E-state index contributed by atoms with van der Waals surface area (Å²) in [6, 6.07) is 0. The monoisotopic (exact) mass is 611 g/mol. The molecule has 0 bridgehead atoms. The van der Waals surface area contributed by atoms with Gasteiger partial charge in [0.25, 0.3) is 0 Å². The van der Waals surface area contributed by atoms with Gasteiger partial charge in [0.15, 0.2) is 0 Å². The maximum atomic E-state index is 11.1. The lowest BCUT2D eigenvalue weighted by Gasteiger charge is -2.39. The van der Waals surface area contributed by atoms with Crippen molar-refractivity contribution in [3.63, 3.8) is 0 Å². The van der Waals surface area contributed by atoms with Gasteiger partial charge in [0, 0.05) is 19.3 Å². The van der Waals surface area contributed by atoms with Crippen LogP contribution in [0.4, 0.5) is 0 Å². The molecule has 252 valence electrons. The number of allylic oxidation sites excluding steroid dienone is 2. The van der Waals surface area contributed by atoms with Crippen LogP contribution in [0.15, 0.2) is 12.2 Å². The summed E-state index contributed by atoms with van der Waals surface area (Å²) in [4.78, 5) is 33.3. The molecule has 43 heavy (non-hydrogen) atoms. The van der Waals surface area contributed by atoms with Gasteiger partial charge in [-0.25, -0.2) is 0 Å². The van der Waals surface area contributed by atoms with Gasteiger partial charge >= 0.3 is 17.9 Å². The largest absolute Gasteiger partial charge is 0.481 e. The van der Waals surface area contributed by atoms with Crippen molar-refractivity contribution in [2.45, 2.75) is 174 Å². The first-order chi connectivity index (χ1) is 20.8. The van der Waals surface area contributed by atoms with Crippen molar-refractivity contribution in [1.29, 1.82) is 0 Å². The average molecular weight is 611 g/mol. The summed E-state index contributed by atoms with van der Waals surface area (Å²) in [6.07, 6.45) is 32.6. The summed E-state index contributed by atoms with van der Waals surface area (Å²) >= 11 is 0. The van der Waals surface area contributed by atoms with E-state index in [1.54, 1.807) is 0 Å². The lowest BCUT2D eigenvalue weighted by molar-refractivity contribution is -0.929. The molecule has 7 nitrogen and oxygen atoms in total. The normalized spacial score (nSPS) is 11.8. The van der Waals surface area contributed by atoms with Gasteiger partial charge < -0.3 is 19.8 Å². The van der Waals surface area contributed by atoms with E-state index in [0.29, 0.717) is 43.4 Å². The van der Waals surface area contributed by atoms with Gasteiger partial charge in [-0.3, -0.25) is 14.4 Å². The summed E-state index contributed by atoms with van der Waals surface area (Å²) in [5.41, 5.74) is 0. The van der Waals surface area contributed by atoms with Crippen LogP contribution < -0.4 is 0 Å². The third kappa shape index (κ3) is 29.9. The molecular formula is C36H68NO6+. The van der Waals surface area contributed by atoms with Crippen molar-refractivity contribution >= 4 is 17.9 Å². The quantitative estimate of drug-likeness (QED) is 0.0380. The van der Waals surface area contributed by atoms with Crippen LogP contribution in [0.1, 0.15) is 174 Å². The molecular weight excluding hydrogens is 542 g/mol. The maximum absolute atomic E-state index is 11.1. The van der Waals surface area contributed by atoms with Gasteiger partial charge in [-0.1, -0.05) is 109 Å². The number of nitrogens with zero attached hydrogens (tertiary/aromatic N) is 1. The Kier molecular flexibility index (Phi) is 28.8. The molecule has 0 saturated heterocycles. The number of aliphatic carboxylic acids is 3. The highest BCUT2D eigenvalue weighted by Gasteiger charge is 2.27. The van der Waals surface area contributed by atoms with Crippen LogP contribution in [-0.2, 0) is 14.4 Å². The zero-order valence-electron chi connectivity index (χ0n) is 27.9. The Bertz CT molecular complexity index is 658. The molecule has 0 aromatic rings. The second kappa shape index (κ2) is 30.1. The zero-order chi connectivity index (χ0) is 31.9. The third-order valence-corrected chi connectivity index (χ3v) is 8.71. The van der Waals surface area contributed by atoms with Crippen LogP contribution in [0.25, 0.3) is 0 Å². The van der Waals surface area contributed by atoms with E-state index in [1.165, 1.54) is 116 Å². The van der Waals surface area contributed by atoms with Crippen LogP contribution in [0, 0.1) is 0 Å². The molecule has 0 heterocycles.